The zero-order chi connectivity index (χ0) is 23.2. The summed E-state index contributed by atoms with van der Waals surface area (Å²) in [5.74, 6) is 0. The lowest BCUT2D eigenvalue weighted by molar-refractivity contribution is 0.481. The average molecular weight is 459 g/mol. The summed E-state index contributed by atoms with van der Waals surface area (Å²) in [5, 5.41) is 0. The Morgan fingerprint density at radius 3 is 1.03 bits per heavy atom. The third-order valence-corrected chi connectivity index (χ3v) is 5.83. The van der Waals surface area contributed by atoms with Gasteiger partial charge >= 0.3 is 0 Å². The topological polar surface area (TPSA) is 109 Å². The van der Waals surface area contributed by atoms with Crippen LogP contribution < -0.4 is 0 Å². The molecule has 0 aliphatic rings. The Morgan fingerprint density at radius 2 is 0.833 bits per heavy atom. The van der Waals surface area contributed by atoms with E-state index in [0.29, 0.717) is 0 Å². The Labute approximate surface area is 181 Å². The van der Waals surface area contributed by atoms with Gasteiger partial charge in [-0.15, -0.1) is 0 Å². The minimum absolute atomic E-state index is 0.0666. The van der Waals surface area contributed by atoms with Crippen molar-refractivity contribution in [1.29, 1.82) is 0 Å². The molecule has 0 unspecified atom stereocenters. The van der Waals surface area contributed by atoms with Crippen molar-refractivity contribution in [2.75, 3.05) is 0 Å². The largest absolute Gasteiger partial charge is 0.294 e. The summed E-state index contributed by atoms with van der Waals surface area (Å²) in [6.45, 7) is 8.19. The van der Waals surface area contributed by atoms with E-state index in [0.717, 1.165) is 11.1 Å². The van der Waals surface area contributed by atoms with Gasteiger partial charge in [-0.05, 0) is 38.1 Å². The maximum atomic E-state index is 10.5. The quantitative estimate of drug-likeness (QED) is 0.398. The number of benzene rings is 2. The van der Waals surface area contributed by atoms with E-state index in [9.17, 15) is 16.8 Å². The van der Waals surface area contributed by atoms with Crippen LogP contribution in [0.2, 0.25) is 0 Å². The highest BCUT2D eigenvalue weighted by molar-refractivity contribution is 7.86. The maximum Gasteiger partial charge on any atom is 0.294 e. The third-order valence-electron chi connectivity index (χ3n) is 4.09. The molecule has 0 radical (unpaired) electrons. The zero-order valence-corrected chi connectivity index (χ0v) is 19.8. The number of hydrogen-bond acceptors (Lipinski definition) is 4. The number of hydrogen-bond donors (Lipinski definition) is 2. The van der Waals surface area contributed by atoms with Crippen LogP contribution in [0.5, 0.6) is 0 Å². The monoisotopic (exact) mass is 458 g/mol. The van der Waals surface area contributed by atoms with E-state index in [1.165, 1.54) is 62.8 Å². The van der Waals surface area contributed by atoms with Gasteiger partial charge in [0.2, 0.25) is 0 Å². The molecule has 2 N–H and O–H groups in total. The summed E-state index contributed by atoms with van der Waals surface area (Å²) < 4.78 is 59.1. The predicted octanol–water partition coefficient (Wildman–Crippen LogP) is 5.85. The second-order valence-corrected chi connectivity index (χ2v) is 9.83. The molecule has 0 atom stereocenters. The first-order valence-corrected chi connectivity index (χ1v) is 12.9. The van der Waals surface area contributed by atoms with Crippen LogP contribution >= 0.6 is 0 Å². The molecule has 6 nitrogen and oxygen atoms in total. The molecule has 0 aliphatic heterocycles. The van der Waals surface area contributed by atoms with Crippen molar-refractivity contribution in [2.45, 2.75) is 76.0 Å². The van der Waals surface area contributed by atoms with E-state index < -0.39 is 20.2 Å². The van der Waals surface area contributed by atoms with Crippen LogP contribution in [0, 0.1) is 13.8 Å². The minimum Gasteiger partial charge on any atom is -0.282 e. The molecule has 0 aliphatic carbocycles. The summed E-state index contributed by atoms with van der Waals surface area (Å²) in [6, 6.07) is 12.0. The van der Waals surface area contributed by atoms with Crippen LogP contribution in [0.1, 0.15) is 63.5 Å². The molecule has 2 aromatic carbocycles. The molecule has 0 amide bonds. The first kappa shape index (κ1) is 28.3. The SMILES string of the molecule is CCCCCCCC.Cc1ccc(S(=O)(=O)O)cc1.Cc1ccc(S(=O)(=O)O)cc1. The Kier molecular flexibility index (Phi) is 13.5. The van der Waals surface area contributed by atoms with Crippen LogP contribution in [0.3, 0.4) is 0 Å². The molecule has 0 bridgehead atoms. The van der Waals surface area contributed by atoms with E-state index in [1.807, 2.05) is 13.8 Å². The summed E-state index contributed by atoms with van der Waals surface area (Å²) >= 11 is 0. The Morgan fingerprint density at radius 1 is 0.567 bits per heavy atom. The average Bonchev–Trinajstić information content (AvgIpc) is 2.66. The molecule has 2 rings (SSSR count). The summed E-state index contributed by atoms with van der Waals surface area (Å²) in [7, 11) is -8.04. The van der Waals surface area contributed by atoms with Crippen molar-refractivity contribution in [2.24, 2.45) is 0 Å². The minimum atomic E-state index is -4.02. The number of unbranched alkanes of at least 4 members (excludes halogenated alkanes) is 5. The van der Waals surface area contributed by atoms with E-state index in [-0.39, 0.29) is 9.79 Å². The molecule has 2 aromatic rings. The van der Waals surface area contributed by atoms with E-state index in [2.05, 4.69) is 13.8 Å². The zero-order valence-electron chi connectivity index (χ0n) is 18.2. The third kappa shape index (κ3) is 13.5. The second kappa shape index (κ2) is 14.3. The van der Waals surface area contributed by atoms with Gasteiger partial charge in [0.15, 0.2) is 0 Å². The molecule has 170 valence electrons. The van der Waals surface area contributed by atoms with Crippen molar-refractivity contribution < 1.29 is 25.9 Å². The molecule has 0 saturated carbocycles. The normalized spacial score (nSPS) is 11.0. The first-order chi connectivity index (χ1) is 13.9. The standard InChI is InChI=1S/C8H18.2C7H8O3S/c1-3-5-7-8-6-4-2;2*1-6-2-4-7(5-3-6)11(8,9)10/h3-8H2,1-2H3;2*2-5H,1H3,(H,8,9,10). The molecule has 0 heterocycles. The summed E-state index contributed by atoms with van der Waals surface area (Å²) in [6.07, 6.45) is 8.49. The van der Waals surface area contributed by atoms with Crippen LogP contribution in [-0.2, 0) is 20.2 Å². The van der Waals surface area contributed by atoms with Crippen LogP contribution in [0.4, 0.5) is 0 Å². The molecular weight excluding hydrogens is 424 g/mol. The van der Waals surface area contributed by atoms with Crippen molar-refractivity contribution in [3.8, 4) is 0 Å². The smallest absolute Gasteiger partial charge is 0.282 e. The van der Waals surface area contributed by atoms with E-state index >= 15 is 0 Å². The molecular formula is C22H34O6S2. The summed E-state index contributed by atoms with van der Waals surface area (Å²) in [5.41, 5.74) is 1.91. The molecule has 0 aromatic heterocycles. The van der Waals surface area contributed by atoms with Crippen molar-refractivity contribution >= 4 is 20.2 Å². The van der Waals surface area contributed by atoms with Gasteiger partial charge < -0.3 is 0 Å². The Bertz CT molecular complexity index is 837. The fraction of sp³-hybridized carbons (Fsp3) is 0.455. The van der Waals surface area contributed by atoms with Crippen LogP contribution in [0.15, 0.2) is 58.3 Å². The van der Waals surface area contributed by atoms with Gasteiger partial charge in [-0.2, -0.15) is 16.8 Å². The molecule has 0 saturated heterocycles. The van der Waals surface area contributed by atoms with E-state index in [1.54, 1.807) is 24.3 Å². The lowest BCUT2D eigenvalue weighted by Gasteiger charge is -1.95. The predicted molar refractivity (Wildman–Crippen MR) is 121 cm³/mol. The van der Waals surface area contributed by atoms with Gasteiger partial charge in [0.25, 0.3) is 20.2 Å². The lowest BCUT2D eigenvalue weighted by atomic mass is 10.1. The number of aryl methyl sites for hydroxylation is 2. The highest BCUT2D eigenvalue weighted by Crippen LogP contribution is 2.09. The fourth-order valence-corrected chi connectivity index (χ4v) is 3.23. The highest BCUT2D eigenvalue weighted by atomic mass is 32.2. The molecule has 30 heavy (non-hydrogen) atoms. The number of rotatable bonds is 7. The van der Waals surface area contributed by atoms with Gasteiger partial charge in [-0.3, -0.25) is 9.11 Å². The van der Waals surface area contributed by atoms with Gasteiger partial charge in [0.05, 0.1) is 9.79 Å². The maximum absolute atomic E-state index is 10.5. The molecule has 0 fully saturated rings. The van der Waals surface area contributed by atoms with Crippen LogP contribution in [-0.4, -0.2) is 25.9 Å². The Balaban J connectivity index is 0.000000428. The molecule has 8 heteroatoms. The lowest BCUT2D eigenvalue weighted by Crippen LogP contribution is -1.96. The first-order valence-electron chi connectivity index (χ1n) is 10.00. The van der Waals surface area contributed by atoms with Crippen molar-refractivity contribution in [3.05, 3.63) is 59.7 Å². The van der Waals surface area contributed by atoms with Gasteiger partial charge in [0.1, 0.15) is 0 Å². The molecule has 0 spiro atoms. The van der Waals surface area contributed by atoms with Crippen LogP contribution in [0.25, 0.3) is 0 Å². The van der Waals surface area contributed by atoms with Crippen molar-refractivity contribution in [3.63, 3.8) is 0 Å². The summed E-state index contributed by atoms with van der Waals surface area (Å²) in [4.78, 5) is -0.133. The van der Waals surface area contributed by atoms with E-state index in [4.69, 9.17) is 9.11 Å². The van der Waals surface area contributed by atoms with Gasteiger partial charge in [-0.1, -0.05) is 87.8 Å². The second-order valence-electron chi connectivity index (χ2n) is 6.99. The van der Waals surface area contributed by atoms with Gasteiger partial charge in [0, 0.05) is 0 Å². The highest BCUT2D eigenvalue weighted by Gasteiger charge is 2.07. The fourth-order valence-electron chi connectivity index (χ4n) is 2.27. The van der Waals surface area contributed by atoms with Gasteiger partial charge in [-0.25, -0.2) is 0 Å². The Hall–Kier alpha value is -1.74. The van der Waals surface area contributed by atoms with Crippen molar-refractivity contribution in [1.82, 2.24) is 0 Å².